The molecular weight excluding hydrogens is 1950 g/mol. The van der Waals surface area contributed by atoms with E-state index in [9.17, 15) is 88.4 Å². The molecule has 0 spiro atoms. The first-order valence-electron chi connectivity index (χ1n) is 50.9. The molecule has 149 heavy (non-hydrogen) atoms. The number of allylic oxidation sites excluding steroid dienone is 6. The van der Waals surface area contributed by atoms with Crippen LogP contribution in [0.1, 0.15) is 180 Å². The number of phenolic OH excluding ortho intramolecular Hbond substituents is 6. The quantitative estimate of drug-likeness (QED) is 0.0159. The summed E-state index contributed by atoms with van der Waals surface area (Å²) >= 11 is 0. The van der Waals surface area contributed by atoms with Gasteiger partial charge in [0.25, 0.3) is 0 Å². The summed E-state index contributed by atoms with van der Waals surface area (Å²) in [6, 6.07) is 16.4. The number of rotatable bonds is 49. The Labute approximate surface area is 867 Å². The van der Waals surface area contributed by atoms with Gasteiger partial charge in [-0.25, -0.2) is 14.3 Å². The van der Waals surface area contributed by atoms with E-state index >= 15 is 0 Å². The Morgan fingerprint density at radius 1 is 0.570 bits per heavy atom. The Morgan fingerprint density at radius 2 is 1.06 bits per heavy atom. The topological polar surface area (TPSA) is 669 Å². The van der Waals surface area contributed by atoms with Crippen molar-refractivity contribution in [1.29, 1.82) is 0 Å². The van der Waals surface area contributed by atoms with Gasteiger partial charge in [-0.2, -0.15) is 0 Å². The Kier molecular flexibility index (Phi) is 39.0. The van der Waals surface area contributed by atoms with Gasteiger partial charge in [0, 0.05) is 240 Å². The summed E-state index contributed by atoms with van der Waals surface area (Å²) in [5, 5.41) is 89.5. The molecule has 12 rings (SSSR count). The van der Waals surface area contributed by atoms with Crippen molar-refractivity contribution >= 4 is 89.3 Å². The lowest BCUT2D eigenvalue weighted by Gasteiger charge is -2.48. The maximum absolute atomic E-state index is 14.8. The number of aryl methyl sites for hydroxylation is 2. The van der Waals surface area contributed by atoms with Gasteiger partial charge >= 0.3 is 13.9 Å². The van der Waals surface area contributed by atoms with E-state index in [-0.39, 0.29) is 177 Å². The summed E-state index contributed by atoms with van der Waals surface area (Å²) in [7, 11) is -5.29. The van der Waals surface area contributed by atoms with Crippen LogP contribution in [-0.2, 0) is 95.3 Å². The summed E-state index contributed by atoms with van der Waals surface area (Å²) in [6.07, 6.45) is -5.55. The second-order valence-corrected chi connectivity index (χ2v) is 43.1. The van der Waals surface area contributed by atoms with Crippen LogP contribution in [0.3, 0.4) is 0 Å². The number of benzene rings is 4. The number of nitrogens with one attached hydrogen (secondary N) is 4. The average molecular weight is 2100 g/mol. The molecule has 8 heterocycles. The molecule has 3 saturated heterocycles. The number of ether oxygens (including phenoxy) is 5. The number of aromatic nitrogens is 2. The van der Waals surface area contributed by atoms with Gasteiger partial charge in [0.1, 0.15) is 59.4 Å². The van der Waals surface area contributed by atoms with Crippen LogP contribution < -0.4 is 55.7 Å². The van der Waals surface area contributed by atoms with E-state index in [1.165, 1.54) is 54.2 Å². The molecule has 15 atom stereocenters. The normalized spacial score (nSPS) is 25.5. The number of hydrogen-bond acceptors (Lipinski definition) is 33. The molecule has 1 aromatic heterocycles. The molecular formula is C104H150N19O25P. The highest BCUT2D eigenvalue weighted by Crippen LogP contribution is 2.63. The molecule has 7 aliphatic heterocycles. The molecule has 0 saturated carbocycles. The van der Waals surface area contributed by atoms with Crippen molar-refractivity contribution in [3.63, 3.8) is 0 Å². The fourth-order valence-corrected chi connectivity index (χ4v) is 23.4. The second-order valence-electron chi connectivity index (χ2n) is 41.8. The van der Waals surface area contributed by atoms with Crippen LogP contribution in [0.15, 0.2) is 122 Å². The van der Waals surface area contributed by atoms with E-state index < -0.39 is 156 Å². The number of imidazole rings is 1. The number of amides is 9. The molecule has 3 fully saturated rings. The Morgan fingerprint density at radius 3 is 1.57 bits per heavy atom. The maximum Gasteiger partial charge on any atom is 0.472 e. The van der Waals surface area contributed by atoms with Crippen molar-refractivity contribution in [1.82, 2.24) is 50.4 Å². The highest BCUT2D eigenvalue weighted by Gasteiger charge is 2.67. The fourth-order valence-electron chi connectivity index (χ4n) is 22.3. The van der Waals surface area contributed by atoms with E-state index in [1.807, 2.05) is 85.4 Å². The molecule has 0 aliphatic carbocycles. The first-order valence-corrected chi connectivity index (χ1v) is 52.4. The lowest BCUT2D eigenvalue weighted by molar-refractivity contribution is -0.124. The first-order chi connectivity index (χ1) is 70.4. The maximum atomic E-state index is 14.8. The smallest absolute Gasteiger partial charge is 0.472 e. The minimum atomic E-state index is -5.29. The number of aromatic hydroxyl groups is 6. The minimum Gasteiger partial charge on any atom is -0.507 e. The number of carbonyl (C=O) groups excluding carboxylic acids is 9. The predicted octanol–water partition coefficient (Wildman–Crippen LogP) is 5.90. The van der Waals surface area contributed by atoms with Crippen molar-refractivity contribution in [3.8, 4) is 34.5 Å². The van der Waals surface area contributed by atoms with Gasteiger partial charge in [0.2, 0.25) is 47.3 Å². The number of fused-ring (bicyclic) bond motifs is 7. The van der Waals surface area contributed by atoms with Crippen LogP contribution in [0.4, 0.5) is 4.79 Å². The number of aliphatic imine (C=N–C) groups is 3. The first kappa shape index (κ1) is 116. The van der Waals surface area contributed by atoms with Gasteiger partial charge in [-0.05, 0) is 157 Å². The number of alkyl carbamates (subject to hydrolysis) is 1. The second kappa shape index (κ2) is 50.3. The van der Waals surface area contributed by atoms with Crippen LogP contribution in [-0.4, -0.2) is 301 Å². The number of phosphoric acid groups is 1. The average Bonchev–Trinajstić information content (AvgIpc) is 1.52. The van der Waals surface area contributed by atoms with Gasteiger partial charge in [-0.15, -0.1) is 0 Å². The molecule has 8 bridgehead atoms. The number of phenols is 6. The lowest BCUT2D eigenvalue weighted by Crippen LogP contribution is -2.59. The standard InChI is InChI=1S/C104H150N19O25P/c1-60-47-73-74(48-61(60)2)123(59-114-73)98-93(138)94(81(146-98)58-145-99(139)112-32-16-42-143-44-46-144-45-43-142-41-15-31-111-90(137)57-122-39-37-120(55-66-77(126)19-13-20-78(66)127)35-33-119(54-65-75(124)17-12-18-76(65)125)34-36-121(38-40-122)56-67-79(128)21-14-22-80(67)129)148-149(140,141)147-62(3)53-113-89(136)29-30-101(8)71(49-86(108)133)97-104(11)103(10,52-88(110)135)70(25-28-85(107)132)92(118-104)64(5)96-102(9,51-87(109)134)68(23-26-83(105)130)72(115-96)50-82-100(6,7)69(24-27-84(106)131)91(116-82)63(4)95(101)117-97/h12-14,17-22,47-48,50,59,62,68-71,81,93-94,97-98,117,124-129,138H,15-16,23-46,49,51-58H2,1-11H3,(H2,105,130)(H2,106,131)(H2,107,132)(H2,108,133)(H2,109,134)(H2,110,135)(H,111,137)(H,112,139)(H,113,136)(H,140,141)/t62?,68-,69-,70-,71+,81-,93?,94?,97?,98+,101-,102+,103+,104+/m1/s1. The highest BCUT2D eigenvalue weighted by molar-refractivity contribution is 7.47. The molecule has 5 aromatic rings. The summed E-state index contributed by atoms with van der Waals surface area (Å²) in [5.74, 6) is -8.21. The minimum absolute atomic E-state index is 0.0300. The zero-order valence-electron chi connectivity index (χ0n) is 87.0. The number of carbonyl (C=O) groups is 9. The van der Waals surface area contributed by atoms with Gasteiger partial charge in [-0.1, -0.05) is 52.8 Å². The number of aliphatic hydroxyl groups is 1. The van der Waals surface area contributed by atoms with Crippen molar-refractivity contribution in [2.45, 2.75) is 221 Å². The third-order valence-electron chi connectivity index (χ3n) is 30.9. The van der Waals surface area contributed by atoms with E-state index in [0.717, 1.165) is 11.1 Å². The molecule has 0 radical (unpaired) electrons. The number of nitrogens with two attached hydrogens (primary N) is 6. The SMILES string of the molecule is CC1=C2NC([C@H](CC(N)=O)[C@@]2(C)CCC(=O)NCC(C)OP(=O)(O)OC2C(O)[C@@H](n3cnc4cc(C)c(C)cc43)O[C@@H]2COC(=O)NCCCOCCOCCOCCCNC(=O)CN2CCN(Cc3c(O)cccc3O)CCN(Cc3c(O)cccc3O)CCN(Cc3c(O)cccc3O)CC2)[C@]2(C)N=C(C(C)=C3N=C(C=C4N=C1[C@@H](CCC(N)=O)C4(C)C)[C@@H](CCC(N)=O)[C@]3(C)CC(N)=O)[C@@H](CCC(N)=O)[C@]2(C)CC(N)=O. The van der Waals surface area contributed by atoms with E-state index in [1.54, 1.807) is 25.1 Å². The summed E-state index contributed by atoms with van der Waals surface area (Å²) in [5.41, 5.74) is 37.9. The largest absolute Gasteiger partial charge is 0.507 e. The van der Waals surface area contributed by atoms with Crippen LogP contribution >= 0.6 is 7.82 Å². The van der Waals surface area contributed by atoms with Crippen LogP contribution in [0, 0.1) is 59.2 Å². The van der Waals surface area contributed by atoms with Crippen LogP contribution in [0.25, 0.3) is 11.0 Å². The van der Waals surface area contributed by atoms with Crippen molar-refractivity contribution in [2.75, 3.05) is 125 Å². The Bertz CT molecular complexity index is 5840. The summed E-state index contributed by atoms with van der Waals surface area (Å²) < 4.78 is 56.7. The molecule has 9 amide bonds. The number of primary amides is 6. The highest BCUT2D eigenvalue weighted by atomic mass is 31.2. The van der Waals surface area contributed by atoms with Crippen molar-refractivity contribution in [3.05, 3.63) is 135 Å². The molecule has 45 heteroatoms. The van der Waals surface area contributed by atoms with Crippen molar-refractivity contribution in [2.24, 2.45) is 94.7 Å². The molecule has 44 nitrogen and oxygen atoms in total. The van der Waals surface area contributed by atoms with Gasteiger partial charge < -0.3 is 125 Å². The van der Waals surface area contributed by atoms with E-state index in [2.05, 4.69) is 41.0 Å². The number of nitrogens with zero attached hydrogens (tertiary/aromatic N) is 9. The monoisotopic (exact) mass is 2100 g/mol. The third-order valence-corrected chi connectivity index (χ3v) is 32.0. The number of phosphoric ester groups is 1. The molecule has 4 aromatic carbocycles. The van der Waals surface area contributed by atoms with Crippen LogP contribution in [0.5, 0.6) is 34.5 Å². The summed E-state index contributed by atoms with van der Waals surface area (Å²) in [4.78, 5) is 163. The zero-order chi connectivity index (χ0) is 109. The van der Waals surface area contributed by atoms with Gasteiger partial charge in [0.05, 0.1) is 73.7 Å². The number of hydrogen-bond donors (Lipinski definition) is 18. The van der Waals surface area contributed by atoms with Gasteiger partial charge in [0.15, 0.2) is 6.23 Å². The third kappa shape index (κ3) is 28.2. The fraction of sp³-hybridized carbons (Fsp3) is 0.587. The molecule has 816 valence electrons. The van der Waals surface area contributed by atoms with Gasteiger partial charge in [-0.3, -0.25) is 82.0 Å². The van der Waals surface area contributed by atoms with Crippen molar-refractivity contribution < 1.29 is 121 Å². The van der Waals surface area contributed by atoms with E-state index in [4.69, 9.17) is 82.1 Å². The molecule has 24 N–H and O–H groups in total. The molecule has 7 aliphatic rings. The van der Waals surface area contributed by atoms with Crippen LogP contribution in [0.2, 0.25) is 0 Å². The molecule has 5 unspecified atom stereocenters. The number of aliphatic hydroxyl groups excluding tert-OH is 1. The van der Waals surface area contributed by atoms with E-state index in [0.29, 0.717) is 151 Å². The Hall–Kier alpha value is -12.0. The zero-order valence-corrected chi connectivity index (χ0v) is 87.9. The summed E-state index contributed by atoms with van der Waals surface area (Å²) in [6.45, 7) is 24.9. The predicted molar refractivity (Wildman–Crippen MR) is 552 cm³/mol. The lowest BCUT2D eigenvalue weighted by atomic mass is 9.56. The Balaban J connectivity index is 0.641.